The molecule has 0 aliphatic carbocycles. The fraction of sp³-hybridized carbons (Fsp3) is 0.857. The number of hydrogen-bond acceptors (Lipinski definition) is 2. The summed E-state index contributed by atoms with van der Waals surface area (Å²) in [6.45, 7) is 7.17. The summed E-state index contributed by atoms with van der Waals surface area (Å²) in [6.07, 6.45) is 3.03. The number of nitrogens with zero attached hydrogens (tertiary/aromatic N) is 1. The summed E-state index contributed by atoms with van der Waals surface area (Å²) in [5.74, 6) is 0. The van der Waals surface area contributed by atoms with E-state index in [0.717, 1.165) is 26.1 Å². The van der Waals surface area contributed by atoms with Gasteiger partial charge in [-0.1, -0.05) is 6.92 Å². The standard InChI is InChI=1S/C7H16N2/c1-3-8-6-5-7-9-4-2/h6,9H,3-5,7H2,1-2H3. The second kappa shape index (κ2) is 7.63. The third-order valence-corrected chi connectivity index (χ3v) is 1.01. The molecular weight excluding hydrogens is 112 g/mol. The second-order valence-corrected chi connectivity index (χ2v) is 1.82. The van der Waals surface area contributed by atoms with Gasteiger partial charge in [0, 0.05) is 13.1 Å². The first kappa shape index (κ1) is 8.63. The molecule has 0 spiro atoms. The van der Waals surface area contributed by atoms with Crippen molar-refractivity contribution >= 4 is 6.21 Å². The third-order valence-electron chi connectivity index (χ3n) is 1.01. The Labute approximate surface area is 57.4 Å². The van der Waals surface area contributed by atoms with Crippen molar-refractivity contribution in [1.82, 2.24) is 5.32 Å². The Kier molecular flexibility index (Phi) is 7.32. The summed E-state index contributed by atoms with van der Waals surface area (Å²) in [6, 6.07) is 0. The van der Waals surface area contributed by atoms with Crippen LogP contribution in [0.5, 0.6) is 0 Å². The zero-order valence-corrected chi connectivity index (χ0v) is 6.35. The van der Waals surface area contributed by atoms with Gasteiger partial charge in [-0.2, -0.15) is 0 Å². The minimum absolute atomic E-state index is 0.909. The monoisotopic (exact) mass is 128 g/mol. The van der Waals surface area contributed by atoms with E-state index in [1.165, 1.54) is 0 Å². The number of aliphatic imine (C=N–C) groups is 1. The quantitative estimate of drug-likeness (QED) is 0.435. The molecule has 0 aromatic heterocycles. The first-order valence-electron chi connectivity index (χ1n) is 3.60. The Hall–Kier alpha value is -0.370. The molecule has 0 aromatic carbocycles. The SMILES string of the molecule is CCN=CCCNCC. The van der Waals surface area contributed by atoms with Crippen LogP contribution in [0, 0.1) is 0 Å². The minimum Gasteiger partial charge on any atom is -0.317 e. The Balaban J connectivity index is 2.82. The maximum Gasteiger partial charge on any atom is 0.0357 e. The van der Waals surface area contributed by atoms with Gasteiger partial charge >= 0.3 is 0 Å². The average Bonchev–Trinajstić information content (AvgIpc) is 1.89. The van der Waals surface area contributed by atoms with Crippen LogP contribution in [-0.2, 0) is 0 Å². The number of nitrogens with one attached hydrogen (secondary N) is 1. The van der Waals surface area contributed by atoms with Crippen LogP contribution in [0.25, 0.3) is 0 Å². The van der Waals surface area contributed by atoms with Gasteiger partial charge in [0.1, 0.15) is 0 Å². The number of hydrogen-bond donors (Lipinski definition) is 1. The molecule has 2 heteroatoms. The molecule has 0 radical (unpaired) electrons. The number of rotatable bonds is 5. The van der Waals surface area contributed by atoms with Crippen LogP contribution in [-0.4, -0.2) is 25.8 Å². The van der Waals surface area contributed by atoms with E-state index in [2.05, 4.69) is 17.2 Å². The molecule has 54 valence electrons. The van der Waals surface area contributed by atoms with Crippen LogP contribution in [0.4, 0.5) is 0 Å². The molecular formula is C7H16N2. The highest BCUT2D eigenvalue weighted by Crippen LogP contribution is 1.70. The Morgan fingerprint density at radius 3 is 2.78 bits per heavy atom. The van der Waals surface area contributed by atoms with Crippen LogP contribution in [0.1, 0.15) is 20.3 Å². The predicted octanol–water partition coefficient (Wildman–Crippen LogP) is 1.08. The smallest absolute Gasteiger partial charge is 0.0357 e. The normalized spacial score (nSPS) is 10.9. The molecule has 2 nitrogen and oxygen atoms in total. The van der Waals surface area contributed by atoms with E-state index in [1.807, 2.05) is 13.1 Å². The van der Waals surface area contributed by atoms with Crippen molar-refractivity contribution in [3.8, 4) is 0 Å². The van der Waals surface area contributed by atoms with Crippen LogP contribution < -0.4 is 5.32 Å². The van der Waals surface area contributed by atoms with E-state index in [4.69, 9.17) is 0 Å². The minimum atomic E-state index is 0.909. The van der Waals surface area contributed by atoms with Crippen molar-refractivity contribution in [2.75, 3.05) is 19.6 Å². The summed E-state index contributed by atoms with van der Waals surface area (Å²) < 4.78 is 0. The highest BCUT2D eigenvalue weighted by molar-refractivity contribution is 5.57. The van der Waals surface area contributed by atoms with Gasteiger partial charge in [-0.3, -0.25) is 4.99 Å². The van der Waals surface area contributed by atoms with Crippen molar-refractivity contribution in [1.29, 1.82) is 0 Å². The molecule has 0 bridgehead atoms. The molecule has 0 saturated heterocycles. The highest BCUT2D eigenvalue weighted by Gasteiger charge is 1.77. The van der Waals surface area contributed by atoms with Crippen molar-refractivity contribution in [3.63, 3.8) is 0 Å². The lowest BCUT2D eigenvalue weighted by Gasteiger charge is -1.93. The van der Waals surface area contributed by atoms with Crippen molar-refractivity contribution < 1.29 is 0 Å². The fourth-order valence-corrected chi connectivity index (χ4v) is 0.564. The fourth-order valence-electron chi connectivity index (χ4n) is 0.564. The molecule has 0 saturated carbocycles. The lowest BCUT2D eigenvalue weighted by atomic mass is 10.4. The second-order valence-electron chi connectivity index (χ2n) is 1.82. The molecule has 0 unspecified atom stereocenters. The van der Waals surface area contributed by atoms with Crippen molar-refractivity contribution in [3.05, 3.63) is 0 Å². The molecule has 0 rings (SSSR count). The summed E-state index contributed by atoms with van der Waals surface area (Å²) in [7, 11) is 0. The van der Waals surface area contributed by atoms with Crippen LogP contribution in [0.15, 0.2) is 4.99 Å². The van der Waals surface area contributed by atoms with Crippen molar-refractivity contribution in [2.24, 2.45) is 4.99 Å². The van der Waals surface area contributed by atoms with E-state index in [1.54, 1.807) is 0 Å². The van der Waals surface area contributed by atoms with Crippen LogP contribution in [0.3, 0.4) is 0 Å². The van der Waals surface area contributed by atoms with Gasteiger partial charge in [-0.05, 0) is 26.1 Å². The Morgan fingerprint density at radius 2 is 2.22 bits per heavy atom. The van der Waals surface area contributed by atoms with Gasteiger partial charge < -0.3 is 5.32 Å². The van der Waals surface area contributed by atoms with Gasteiger partial charge in [-0.25, -0.2) is 0 Å². The molecule has 9 heavy (non-hydrogen) atoms. The molecule has 0 atom stereocenters. The van der Waals surface area contributed by atoms with E-state index < -0.39 is 0 Å². The first-order valence-corrected chi connectivity index (χ1v) is 3.60. The molecule has 0 fully saturated rings. The van der Waals surface area contributed by atoms with E-state index >= 15 is 0 Å². The van der Waals surface area contributed by atoms with Gasteiger partial charge in [0.15, 0.2) is 0 Å². The van der Waals surface area contributed by atoms with E-state index in [0.29, 0.717) is 0 Å². The largest absolute Gasteiger partial charge is 0.317 e. The maximum absolute atomic E-state index is 4.08. The molecule has 0 aliphatic heterocycles. The summed E-state index contributed by atoms with van der Waals surface area (Å²) >= 11 is 0. The van der Waals surface area contributed by atoms with Crippen LogP contribution in [0.2, 0.25) is 0 Å². The summed E-state index contributed by atoms with van der Waals surface area (Å²) in [5, 5.41) is 3.22. The lowest BCUT2D eigenvalue weighted by molar-refractivity contribution is 0.740. The van der Waals surface area contributed by atoms with Gasteiger partial charge in [-0.15, -0.1) is 0 Å². The first-order chi connectivity index (χ1) is 4.41. The topological polar surface area (TPSA) is 24.4 Å². The molecule has 1 N–H and O–H groups in total. The molecule has 0 aliphatic rings. The predicted molar refractivity (Wildman–Crippen MR) is 42.2 cm³/mol. The zero-order valence-electron chi connectivity index (χ0n) is 6.35. The Morgan fingerprint density at radius 1 is 1.44 bits per heavy atom. The summed E-state index contributed by atoms with van der Waals surface area (Å²) in [5.41, 5.74) is 0. The molecule has 0 amide bonds. The zero-order chi connectivity index (χ0) is 6.95. The maximum atomic E-state index is 4.08. The third kappa shape index (κ3) is 7.63. The van der Waals surface area contributed by atoms with Crippen LogP contribution >= 0.6 is 0 Å². The average molecular weight is 128 g/mol. The van der Waals surface area contributed by atoms with E-state index in [9.17, 15) is 0 Å². The van der Waals surface area contributed by atoms with Gasteiger partial charge in [0.25, 0.3) is 0 Å². The highest BCUT2D eigenvalue weighted by atomic mass is 14.8. The lowest BCUT2D eigenvalue weighted by Crippen LogP contribution is -2.14. The van der Waals surface area contributed by atoms with Gasteiger partial charge in [0.2, 0.25) is 0 Å². The van der Waals surface area contributed by atoms with E-state index in [-0.39, 0.29) is 0 Å². The van der Waals surface area contributed by atoms with Crippen molar-refractivity contribution in [2.45, 2.75) is 20.3 Å². The summed E-state index contributed by atoms with van der Waals surface area (Å²) in [4.78, 5) is 4.08. The molecule has 0 heterocycles. The van der Waals surface area contributed by atoms with Gasteiger partial charge in [0.05, 0.1) is 0 Å². The molecule has 0 aromatic rings. The Bertz CT molecular complexity index is 69.3.